The Hall–Kier alpha value is -1.57. The summed E-state index contributed by atoms with van der Waals surface area (Å²) >= 11 is 0. The fourth-order valence-corrected chi connectivity index (χ4v) is 5.72. The van der Waals surface area contributed by atoms with Crippen molar-refractivity contribution in [2.24, 2.45) is 11.3 Å². The smallest absolute Gasteiger partial charge is 0.158 e. The van der Waals surface area contributed by atoms with Gasteiger partial charge in [0.1, 0.15) is 5.75 Å². The van der Waals surface area contributed by atoms with Gasteiger partial charge in [-0.3, -0.25) is 4.79 Å². The molecule has 2 nitrogen and oxygen atoms in total. The van der Waals surface area contributed by atoms with Crippen molar-refractivity contribution < 1.29 is 9.53 Å². The minimum Gasteiger partial charge on any atom is -0.496 e. The molecule has 0 spiro atoms. The average molecular weight is 310 g/mol. The molecule has 23 heavy (non-hydrogen) atoms. The van der Waals surface area contributed by atoms with E-state index >= 15 is 0 Å². The highest BCUT2D eigenvalue weighted by Gasteiger charge is 2.50. The van der Waals surface area contributed by atoms with Crippen LogP contribution in [0.2, 0.25) is 0 Å². The van der Waals surface area contributed by atoms with Crippen molar-refractivity contribution in [3.8, 4) is 5.75 Å². The first-order chi connectivity index (χ1) is 11.1. The summed E-state index contributed by atoms with van der Waals surface area (Å²) in [4.78, 5) is 12.2. The van der Waals surface area contributed by atoms with Crippen molar-refractivity contribution in [3.05, 3.63) is 40.5 Å². The van der Waals surface area contributed by atoms with Crippen molar-refractivity contribution >= 4 is 5.78 Å². The number of hydrogen-bond acceptors (Lipinski definition) is 2. The maximum absolute atomic E-state index is 12.2. The van der Waals surface area contributed by atoms with E-state index < -0.39 is 0 Å². The Morgan fingerprint density at radius 2 is 2.00 bits per heavy atom. The number of rotatable bonds is 1. The molecule has 1 saturated carbocycles. The summed E-state index contributed by atoms with van der Waals surface area (Å²) in [6.45, 7) is 4.50. The summed E-state index contributed by atoms with van der Waals surface area (Å²) in [7, 11) is 1.78. The van der Waals surface area contributed by atoms with Gasteiger partial charge in [0.15, 0.2) is 5.78 Å². The summed E-state index contributed by atoms with van der Waals surface area (Å²) in [5.41, 5.74) is 5.71. The summed E-state index contributed by atoms with van der Waals surface area (Å²) in [5.74, 6) is 2.74. The lowest BCUT2D eigenvalue weighted by Gasteiger charge is -2.53. The van der Waals surface area contributed by atoms with E-state index in [0.29, 0.717) is 17.6 Å². The third kappa shape index (κ3) is 2.03. The fraction of sp³-hybridized carbons (Fsp3) is 0.571. The number of allylic oxidation sites excluding steroid dienone is 2. The van der Waals surface area contributed by atoms with E-state index in [-0.39, 0.29) is 5.41 Å². The van der Waals surface area contributed by atoms with Gasteiger partial charge in [-0.15, -0.1) is 0 Å². The zero-order valence-electron chi connectivity index (χ0n) is 14.4. The van der Waals surface area contributed by atoms with E-state index in [4.69, 9.17) is 4.74 Å². The van der Waals surface area contributed by atoms with Crippen LogP contribution in [0, 0.1) is 11.3 Å². The number of ketones is 1. The average Bonchev–Trinajstić information content (AvgIpc) is 2.57. The fourth-order valence-electron chi connectivity index (χ4n) is 5.72. The van der Waals surface area contributed by atoms with Gasteiger partial charge in [0.05, 0.1) is 7.11 Å². The standard InChI is InChI=1S/C21H26O2/c1-13-17-9-7-15-14-5-4-6-20(23-3)16(14)8-10-18(15)21(17,2)12-11-19(13)22/h4-6,15,18H,7-12H2,1-3H3. The van der Waals surface area contributed by atoms with Gasteiger partial charge in [0, 0.05) is 6.42 Å². The number of benzene rings is 1. The van der Waals surface area contributed by atoms with Crippen molar-refractivity contribution in [1.29, 1.82) is 0 Å². The topological polar surface area (TPSA) is 26.3 Å². The molecule has 2 heteroatoms. The molecule has 1 fully saturated rings. The zero-order valence-corrected chi connectivity index (χ0v) is 14.4. The number of carbonyl (C=O) groups is 1. The highest BCUT2D eigenvalue weighted by Crippen LogP contribution is 2.60. The third-order valence-corrected chi connectivity index (χ3v) is 6.94. The van der Waals surface area contributed by atoms with E-state index in [1.54, 1.807) is 7.11 Å². The van der Waals surface area contributed by atoms with Gasteiger partial charge in [0.2, 0.25) is 0 Å². The van der Waals surface area contributed by atoms with Crippen LogP contribution in [0.1, 0.15) is 63.0 Å². The van der Waals surface area contributed by atoms with Crippen LogP contribution in [-0.2, 0) is 11.2 Å². The van der Waals surface area contributed by atoms with Crippen LogP contribution in [-0.4, -0.2) is 12.9 Å². The maximum atomic E-state index is 12.2. The first-order valence-corrected chi connectivity index (χ1v) is 8.95. The molecular formula is C21H26O2. The molecule has 0 radical (unpaired) electrons. The van der Waals surface area contributed by atoms with Crippen molar-refractivity contribution in [1.82, 2.24) is 0 Å². The summed E-state index contributed by atoms with van der Waals surface area (Å²) in [6, 6.07) is 6.55. The maximum Gasteiger partial charge on any atom is 0.158 e. The first-order valence-electron chi connectivity index (χ1n) is 8.95. The molecule has 0 bridgehead atoms. The lowest BCUT2D eigenvalue weighted by molar-refractivity contribution is -0.117. The normalized spacial score (nSPS) is 32.9. The molecule has 1 aromatic carbocycles. The van der Waals surface area contributed by atoms with E-state index in [9.17, 15) is 4.79 Å². The molecule has 0 heterocycles. The number of fused-ring (bicyclic) bond motifs is 5. The molecule has 3 aliphatic carbocycles. The number of methoxy groups -OCH3 is 1. The minimum atomic E-state index is 0.224. The Morgan fingerprint density at radius 3 is 2.78 bits per heavy atom. The minimum absolute atomic E-state index is 0.224. The largest absolute Gasteiger partial charge is 0.496 e. The second-order valence-corrected chi connectivity index (χ2v) is 7.76. The Bertz CT molecular complexity index is 700. The van der Waals surface area contributed by atoms with E-state index in [0.717, 1.165) is 37.0 Å². The molecule has 122 valence electrons. The SMILES string of the molecule is COc1cccc2c1CCC1C2CCC2=C(C)C(=O)CCC21C. The van der Waals surface area contributed by atoms with Crippen molar-refractivity contribution in [2.45, 2.75) is 58.3 Å². The predicted molar refractivity (Wildman–Crippen MR) is 91.8 cm³/mol. The number of ether oxygens (including phenoxy) is 1. The van der Waals surface area contributed by atoms with Crippen LogP contribution in [0.4, 0.5) is 0 Å². The second-order valence-electron chi connectivity index (χ2n) is 7.76. The molecule has 4 rings (SSSR count). The lowest BCUT2D eigenvalue weighted by atomic mass is 9.51. The predicted octanol–water partition coefficient (Wildman–Crippen LogP) is 4.82. The molecule has 0 saturated heterocycles. The lowest BCUT2D eigenvalue weighted by Crippen LogP contribution is -2.43. The Morgan fingerprint density at radius 1 is 1.17 bits per heavy atom. The Balaban J connectivity index is 1.79. The van der Waals surface area contributed by atoms with Gasteiger partial charge in [-0.25, -0.2) is 0 Å². The van der Waals surface area contributed by atoms with Crippen molar-refractivity contribution in [2.75, 3.05) is 7.11 Å². The Labute approximate surface area is 138 Å². The highest BCUT2D eigenvalue weighted by molar-refractivity contribution is 5.96. The van der Waals surface area contributed by atoms with Crippen LogP contribution in [0.25, 0.3) is 0 Å². The third-order valence-electron chi connectivity index (χ3n) is 6.94. The van der Waals surface area contributed by atoms with Gasteiger partial charge in [-0.05, 0) is 79.0 Å². The molecule has 0 amide bonds. The summed E-state index contributed by atoms with van der Waals surface area (Å²) in [6.07, 6.45) is 6.38. The number of Topliss-reactive ketones (excluding diaryl/α,β-unsaturated/α-hetero) is 1. The van der Waals surface area contributed by atoms with Gasteiger partial charge in [-0.2, -0.15) is 0 Å². The first kappa shape index (κ1) is 15.0. The molecule has 3 atom stereocenters. The van der Waals surface area contributed by atoms with Crippen LogP contribution in [0.3, 0.4) is 0 Å². The van der Waals surface area contributed by atoms with Crippen LogP contribution in [0.15, 0.2) is 29.3 Å². The van der Waals surface area contributed by atoms with Crippen LogP contribution < -0.4 is 4.74 Å². The van der Waals surface area contributed by atoms with E-state index in [1.165, 1.54) is 29.5 Å². The van der Waals surface area contributed by atoms with E-state index in [2.05, 4.69) is 32.0 Å². The van der Waals surface area contributed by atoms with Crippen molar-refractivity contribution in [3.63, 3.8) is 0 Å². The highest BCUT2D eigenvalue weighted by atomic mass is 16.5. The quantitative estimate of drug-likeness (QED) is 0.743. The molecule has 3 aliphatic rings. The monoisotopic (exact) mass is 310 g/mol. The molecule has 1 aromatic rings. The number of hydrogen-bond donors (Lipinski definition) is 0. The molecule has 3 unspecified atom stereocenters. The van der Waals surface area contributed by atoms with Crippen LogP contribution in [0.5, 0.6) is 5.75 Å². The Kier molecular flexibility index (Phi) is 3.40. The van der Waals surface area contributed by atoms with Crippen LogP contribution >= 0.6 is 0 Å². The molecule has 0 aliphatic heterocycles. The van der Waals surface area contributed by atoms with Gasteiger partial charge in [-0.1, -0.05) is 24.6 Å². The number of carbonyl (C=O) groups excluding carboxylic acids is 1. The molecule has 0 N–H and O–H groups in total. The van der Waals surface area contributed by atoms with E-state index in [1.807, 2.05) is 0 Å². The van der Waals surface area contributed by atoms with Gasteiger partial charge < -0.3 is 4.74 Å². The van der Waals surface area contributed by atoms with Gasteiger partial charge in [0.25, 0.3) is 0 Å². The zero-order chi connectivity index (χ0) is 16.2. The van der Waals surface area contributed by atoms with Gasteiger partial charge >= 0.3 is 0 Å². The molecular weight excluding hydrogens is 284 g/mol. The second kappa shape index (κ2) is 5.22. The summed E-state index contributed by atoms with van der Waals surface area (Å²) < 4.78 is 5.60. The molecule has 0 aromatic heterocycles. The summed E-state index contributed by atoms with van der Waals surface area (Å²) in [5, 5.41) is 0.